The second-order valence-electron chi connectivity index (χ2n) is 6.62. The quantitative estimate of drug-likeness (QED) is 0.387. The molecule has 2 N–H and O–H groups in total. The number of hydrogen-bond acceptors (Lipinski definition) is 3. The highest BCUT2D eigenvalue weighted by Crippen LogP contribution is 2.34. The summed E-state index contributed by atoms with van der Waals surface area (Å²) in [6, 6.07) is 6.88. The summed E-state index contributed by atoms with van der Waals surface area (Å²) in [6.07, 6.45) is 3.80. The van der Waals surface area contributed by atoms with Crippen molar-refractivity contribution in [3.63, 3.8) is 0 Å². The molecule has 1 aliphatic carbocycles. The zero-order valence-corrected chi connectivity index (χ0v) is 16.1. The highest BCUT2D eigenvalue weighted by atomic mass is 16.5. The van der Waals surface area contributed by atoms with Gasteiger partial charge in [-0.2, -0.15) is 0 Å². The molecule has 0 heterocycles. The maximum atomic E-state index is 5.90. The number of aliphatic imine (C=N–C) groups is 1. The number of benzene rings is 1. The molecule has 0 amide bonds. The first-order valence-corrected chi connectivity index (χ1v) is 9.45. The molecule has 0 saturated heterocycles. The second kappa shape index (κ2) is 10.3. The molecule has 5 heteroatoms. The maximum Gasteiger partial charge on any atom is 0.191 e. The van der Waals surface area contributed by atoms with Gasteiger partial charge in [0.05, 0.1) is 6.61 Å². The Hall–Kier alpha value is -1.75. The van der Waals surface area contributed by atoms with Gasteiger partial charge in [0.2, 0.25) is 0 Å². The summed E-state index contributed by atoms with van der Waals surface area (Å²) in [7, 11) is 1.82. The van der Waals surface area contributed by atoms with Crippen molar-refractivity contribution in [2.24, 2.45) is 10.9 Å². The van der Waals surface area contributed by atoms with Gasteiger partial charge in [-0.3, -0.25) is 4.99 Å². The molecule has 1 fully saturated rings. The Kier molecular flexibility index (Phi) is 8.06. The Bertz CT molecular complexity index is 560. The number of rotatable bonds is 10. The maximum absolute atomic E-state index is 5.90. The molecule has 0 aromatic heterocycles. The number of hydrogen-bond donors (Lipinski definition) is 2. The summed E-state index contributed by atoms with van der Waals surface area (Å²) < 4.78 is 11.3. The smallest absolute Gasteiger partial charge is 0.191 e. The van der Waals surface area contributed by atoms with Crippen molar-refractivity contribution in [1.82, 2.24) is 10.6 Å². The van der Waals surface area contributed by atoms with E-state index in [2.05, 4.69) is 47.7 Å². The van der Waals surface area contributed by atoms with Gasteiger partial charge in [-0.15, -0.1) is 0 Å². The molecule has 0 radical (unpaired) electrons. The summed E-state index contributed by atoms with van der Waals surface area (Å²) in [5.41, 5.74) is 2.32. The Balaban J connectivity index is 1.86. The van der Waals surface area contributed by atoms with E-state index in [1.807, 2.05) is 14.0 Å². The first kappa shape index (κ1) is 19.6. The van der Waals surface area contributed by atoms with Gasteiger partial charge < -0.3 is 20.1 Å². The molecule has 2 atom stereocenters. The Morgan fingerprint density at radius 1 is 1.28 bits per heavy atom. The minimum atomic E-state index is 0.567. The monoisotopic (exact) mass is 347 g/mol. The van der Waals surface area contributed by atoms with Gasteiger partial charge in [0.25, 0.3) is 0 Å². The fourth-order valence-electron chi connectivity index (χ4n) is 2.96. The van der Waals surface area contributed by atoms with Crippen LogP contribution in [0.1, 0.15) is 44.2 Å². The van der Waals surface area contributed by atoms with E-state index in [0.717, 1.165) is 23.2 Å². The van der Waals surface area contributed by atoms with E-state index in [1.165, 1.54) is 24.8 Å². The fraction of sp³-hybridized carbons (Fsp3) is 0.650. The largest absolute Gasteiger partial charge is 0.491 e. The molecule has 1 aromatic carbocycles. The average Bonchev–Trinajstić information content (AvgIpc) is 3.34. The second-order valence-corrected chi connectivity index (χ2v) is 6.62. The van der Waals surface area contributed by atoms with Gasteiger partial charge in [-0.25, -0.2) is 0 Å². The Morgan fingerprint density at radius 3 is 2.84 bits per heavy atom. The molecular weight excluding hydrogens is 314 g/mol. The first-order chi connectivity index (χ1) is 12.2. The number of aryl methyl sites for hydroxylation is 1. The van der Waals surface area contributed by atoms with Crippen molar-refractivity contribution in [1.29, 1.82) is 0 Å². The van der Waals surface area contributed by atoms with Crippen molar-refractivity contribution in [2.75, 3.05) is 26.9 Å². The minimum Gasteiger partial charge on any atom is -0.491 e. The van der Waals surface area contributed by atoms with Crippen LogP contribution in [0.15, 0.2) is 23.2 Å². The van der Waals surface area contributed by atoms with Gasteiger partial charge in [0, 0.05) is 31.8 Å². The van der Waals surface area contributed by atoms with E-state index in [0.29, 0.717) is 32.4 Å². The Labute approximate surface area is 152 Å². The molecule has 0 spiro atoms. The average molecular weight is 348 g/mol. The van der Waals surface area contributed by atoms with Crippen molar-refractivity contribution >= 4 is 5.96 Å². The lowest BCUT2D eigenvalue weighted by molar-refractivity contribution is 0.110. The number of ether oxygens (including phenoxy) is 2. The molecule has 0 bridgehead atoms. The zero-order valence-electron chi connectivity index (χ0n) is 16.1. The van der Waals surface area contributed by atoms with Crippen LogP contribution in [-0.2, 0) is 11.3 Å². The normalized spacial score (nSPS) is 19.6. The van der Waals surface area contributed by atoms with Crippen LogP contribution in [0.4, 0.5) is 0 Å². The first-order valence-electron chi connectivity index (χ1n) is 9.45. The molecule has 2 rings (SSSR count). The number of nitrogens with zero attached hydrogens (tertiary/aromatic N) is 1. The van der Waals surface area contributed by atoms with E-state index < -0.39 is 0 Å². The van der Waals surface area contributed by atoms with Crippen LogP contribution in [-0.4, -0.2) is 38.9 Å². The molecule has 1 saturated carbocycles. The van der Waals surface area contributed by atoms with Crippen LogP contribution in [0.25, 0.3) is 0 Å². The molecule has 1 aliphatic rings. The third-order valence-corrected chi connectivity index (χ3v) is 4.49. The van der Waals surface area contributed by atoms with E-state index in [-0.39, 0.29) is 0 Å². The summed E-state index contributed by atoms with van der Waals surface area (Å²) in [4.78, 5) is 4.35. The summed E-state index contributed by atoms with van der Waals surface area (Å²) in [5, 5.41) is 6.92. The third kappa shape index (κ3) is 6.58. The predicted molar refractivity (Wildman–Crippen MR) is 103 cm³/mol. The SMILES string of the molecule is CCCC1CC1NC(=NC)NCc1ccc(C)cc1OCCOCC. The van der Waals surface area contributed by atoms with E-state index >= 15 is 0 Å². The van der Waals surface area contributed by atoms with Crippen molar-refractivity contribution < 1.29 is 9.47 Å². The van der Waals surface area contributed by atoms with Crippen LogP contribution in [0, 0.1) is 12.8 Å². The molecule has 1 aromatic rings. The lowest BCUT2D eigenvalue weighted by Crippen LogP contribution is -2.38. The molecule has 140 valence electrons. The zero-order chi connectivity index (χ0) is 18.1. The van der Waals surface area contributed by atoms with Gasteiger partial charge in [-0.1, -0.05) is 25.5 Å². The topological polar surface area (TPSA) is 54.9 Å². The summed E-state index contributed by atoms with van der Waals surface area (Å²) >= 11 is 0. The fourth-order valence-corrected chi connectivity index (χ4v) is 2.96. The predicted octanol–water partition coefficient (Wildman–Crippen LogP) is 3.26. The standard InChI is InChI=1S/C20H33N3O2/c1-5-7-16-13-18(16)23-20(21-4)22-14-17-9-8-15(3)12-19(17)25-11-10-24-6-2/h8-9,12,16,18H,5-7,10-11,13-14H2,1-4H3,(H2,21,22,23). The van der Waals surface area contributed by atoms with Gasteiger partial charge in [-0.05, 0) is 44.2 Å². The number of nitrogens with one attached hydrogen (secondary N) is 2. The lowest BCUT2D eigenvalue weighted by Gasteiger charge is -2.15. The van der Waals surface area contributed by atoms with Gasteiger partial charge >= 0.3 is 0 Å². The van der Waals surface area contributed by atoms with E-state index in [9.17, 15) is 0 Å². The molecule has 25 heavy (non-hydrogen) atoms. The molecular formula is C20H33N3O2. The van der Waals surface area contributed by atoms with Crippen LogP contribution in [0.2, 0.25) is 0 Å². The molecule has 0 aliphatic heterocycles. The Morgan fingerprint density at radius 2 is 2.12 bits per heavy atom. The van der Waals surface area contributed by atoms with Crippen LogP contribution in [0.5, 0.6) is 5.75 Å². The molecule has 2 unspecified atom stereocenters. The summed E-state index contributed by atoms with van der Waals surface area (Å²) in [6.45, 7) is 8.90. The number of guanidine groups is 1. The van der Waals surface area contributed by atoms with E-state index in [1.54, 1.807) is 0 Å². The van der Waals surface area contributed by atoms with E-state index in [4.69, 9.17) is 9.47 Å². The van der Waals surface area contributed by atoms with Crippen molar-refractivity contribution in [2.45, 2.75) is 52.6 Å². The lowest BCUT2D eigenvalue weighted by atomic mass is 10.1. The van der Waals surface area contributed by atoms with Gasteiger partial charge in [0.15, 0.2) is 5.96 Å². The van der Waals surface area contributed by atoms with Crippen LogP contribution >= 0.6 is 0 Å². The van der Waals surface area contributed by atoms with Gasteiger partial charge in [0.1, 0.15) is 12.4 Å². The molecule has 5 nitrogen and oxygen atoms in total. The highest BCUT2D eigenvalue weighted by molar-refractivity contribution is 5.80. The third-order valence-electron chi connectivity index (χ3n) is 4.49. The van der Waals surface area contributed by atoms with Crippen molar-refractivity contribution in [3.8, 4) is 5.75 Å². The highest BCUT2D eigenvalue weighted by Gasteiger charge is 2.36. The van der Waals surface area contributed by atoms with Crippen molar-refractivity contribution in [3.05, 3.63) is 29.3 Å². The van der Waals surface area contributed by atoms with Crippen LogP contribution in [0.3, 0.4) is 0 Å². The summed E-state index contributed by atoms with van der Waals surface area (Å²) in [5.74, 6) is 2.59. The minimum absolute atomic E-state index is 0.567. The van der Waals surface area contributed by atoms with Crippen LogP contribution < -0.4 is 15.4 Å².